The molecular weight excluding hydrogens is 967 g/mol. The zero-order chi connectivity index (χ0) is 53.3. The number of nitrogens with one attached hydrogen (secondary N) is 1. The minimum Gasteiger partial charge on any atom is -0.465 e. The van der Waals surface area contributed by atoms with Gasteiger partial charge in [-0.05, 0) is 29.7 Å². The highest BCUT2D eigenvalue weighted by Gasteiger charge is 2.61. The maximum atomic E-state index is 14.6. The van der Waals surface area contributed by atoms with Gasteiger partial charge in [0.1, 0.15) is 43.2 Å². The van der Waals surface area contributed by atoms with E-state index in [2.05, 4.69) is 25.0 Å². The number of ether oxygens (including phenoxy) is 12. The summed E-state index contributed by atoms with van der Waals surface area (Å²) in [6.45, 7) is 13.8. The maximum Gasteiger partial charge on any atom is 0.366 e. The van der Waals surface area contributed by atoms with Crippen molar-refractivity contribution in [3.05, 3.63) is 108 Å². The van der Waals surface area contributed by atoms with Crippen LogP contribution in [0.15, 0.2) is 91.0 Å². The van der Waals surface area contributed by atoms with Gasteiger partial charge in [-0.25, -0.2) is 4.79 Å². The molecular formula is C53H71NO18Si. The molecule has 3 aromatic carbocycles. The van der Waals surface area contributed by atoms with Crippen molar-refractivity contribution in [3.63, 3.8) is 0 Å². The largest absolute Gasteiger partial charge is 0.465 e. The number of benzene rings is 3. The fourth-order valence-corrected chi connectivity index (χ4v) is 9.30. The number of methoxy groups -OCH3 is 1. The standard InChI is InChI=1S/C53H71NO18Si/c1-33(71-53(52(60)61-7)28-42(67-36(4)57)44(54-34(2)55)47(72-53)46(69-38(6)59)43(68-37(5)58)32-63-35(3)56)45-48(64-29-39-20-14-11-15-21-39)49(65-30-40-22-16-12-17-23-40)50(66-31-41-24-18-13-19-25-41)51(70-45)62-26-27-73(8,9)10/h11-25,33,42-51H,26-32H2,1-10H3,(H,54,55)/t33-,42+,43-,44-,45-,46-,47-,48+,49+,50-,51-,53-/m1/s1. The van der Waals surface area contributed by atoms with Crippen LogP contribution in [-0.2, 0) is 105 Å². The molecule has 0 saturated carbocycles. The normalized spacial score (nSPS) is 25.2. The summed E-state index contributed by atoms with van der Waals surface area (Å²) in [5.41, 5.74) is 2.55. The van der Waals surface area contributed by atoms with Gasteiger partial charge >= 0.3 is 29.8 Å². The average Bonchev–Trinajstić information content (AvgIpc) is 3.33. The third-order valence-electron chi connectivity index (χ3n) is 11.9. The van der Waals surface area contributed by atoms with Crippen molar-refractivity contribution < 1.29 is 85.6 Å². The van der Waals surface area contributed by atoms with Gasteiger partial charge in [0, 0.05) is 49.3 Å². The van der Waals surface area contributed by atoms with Gasteiger partial charge in [0.2, 0.25) is 5.91 Å². The molecule has 2 heterocycles. The van der Waals surface area contributed by atoms with Crippen LogP contribution < -0.4 is 5.32 Å². The summed E-state index contributed by atoms with van der Waals surface area (Å²) >= 11 is 0. The Labute approximate surface area is 428 Å². The van der Waals surface area contributed by atoms with Gasteiger partial charge in [-0.3, -0.25) is 24.0 Å². The van der Waals surface area contributed by atoms with Crippen molar-refractivity contribution in [3.8, 4) is 0 Å². The van der Waals surface area contributed by atoms with E-state index in [1.54, 1.807) is 6.92 Å². The first kappa shape index (κ1) is 58.3. The topological polar surface area (TPSA) is 225 Å². The van der Waals surface area contributed by atoms with E-state index in [0.717, 1.165) is 57.5 Å². The van der Waals surface area contributed by atoms with Crippen LogP contribution in [0.4, 0.5) is 0 Å². The first-order valence-electron chi connectivity index (χ1n) is 24.3. The highest BCUT2D eigenvalue weighted by atomic mass is 28.3. The number of hydrogen-bond acceptors (Lipinski definition) is 18. The molecule has 2 aliphatic heterocycles. The van der Waals surface area contributed by atoms with E-state index in [4.69, 9.17) is 56.8 Å². The summed E-state index contributed by atoms with van der Waals surface area (Å²) < 4.78 is 75.5. The van der Waals surface area contributed by atoms with Crippen LogP contribution >= 0.6 is 0 Å². The molecule has 20 heteroatoms. The molecule has 5 rings (SSSR count). The molecule has 1 amide bonds. The Bertz CT molecular complexity index is 2250. The van der Waals surface area contributed by atoms with E-state index >= 15 is 0 Å². The number of carbonyl (C=O) groups is 6. The molecule has 0 unspecified atom stereocenters. The Kier molecular flexibility index (Phi) is 22.1. The first-order chi connectivity index (χ1) is 34.7. The van der Waals surface area contributed by atoms with Gasteiger partial charge in [0.25, 0.3) is 5.79 Å². The van der Waals surface area contributed by atoms with Gasteiger partial charge in [0.05, 0.1) is 45.5 Å². The highest BCUT2D eigenvalue weighted by Crippen LogP contribution is 2.41. The molecule has 0 radical (unpaired) electrons. The molecule has 400 valence electrons. The van der Waals surface area contributed by atoms with Crippen LogP contribution in [0, 0.1) is 0 Å². The molecule has 2 aliphatic rings. The second-order valence-corrected chi connectivity index (χ2v) is 24.8. The highest BCUT2D eigenvalue weighted by molar-refractivity contribution is 6.76. The average molecular weight is 1040 g/mol. The fraction of sp³-hybridized carbons (Fsp3) is 0.547. The Morgan fingerprint density at radius 2 is 1.19 bits per heavy atom. The summed E-state index contributed by atoms with van der Waals surface area (Å²) in [6, 6.07) is 27.9. The quantitative estimate of drug-likeness (QED) is 0.0606. The van der Waals surface area contributed by atoms with Gasteiger partial charge in [0.15, 0.2) is 18.5 Å². The lowest BCUT2D eigenvalue weighted by Gasteiger charge is -2.51. The summed E-state index contributed by atoms with van der Waals surface area (Å²) in [5, 5.41) is 2.69. The third kappa shape index (κ3) is 17.8. The van der Waals surface area contributed by atoms with Gasteiger partial charge < -0.3 is 62.2 Å². The van der Waals surface area contributed by atoms with E-state index < -0.39 is 130 Å². The van der Waals surface area contributed by atoms with Crippen molar-refractivity contribution >= 4 is 43.8 Å². The van der Waals surface area contributed by atoms with E-state index in [1.807, 2.05) is 91.0 Å². The molecule has 19 nitrogen and oxygen atoms in total. The summed E-state index contributed by atoms with van der Waals surface area (Å²) in [6.07, 6.45) is -13.7. The molecule has 12 atom stereocenters. The second kappa shape index (κ2) is 27.6. The molecule has 2 saturated heterocycles. The first-order valence-corrected chi connectivity index (χ1v) is 28.0. The molecule has 3 aromatic rings. The second-order valence-electron chi connectivity index (χ2n) is 19.2. The molecule has 0 bridgehead atoms. The van der Waals surface area contributed by atoms with Crippen LogP contribution in [0.3, 0.4) is 0 Å². The Hall–Kier alpha value is -5.58. The van der Waals surface area contributed by atoms with Crippen molar-refractivity contribution in [2.45, 2.75) is 167 Å². The van der Waals surface area contributed by atoms with Crippen molar-refractivity contribution in [1.29, 1.82) is 0 Å². The smallest absolute Gasteiger partial charge is 0.366 e. The number of rotatable bonds is 25. The zero-order valence-electron chi connectivity index (χ0n) is 43.3. The lowest BCUT2D eigenvalue weighted by molar-refractivity contribution is -0.364. The lowest BCUT2D eigenvalue weighted by Crippen LogP contribution is -2.70. The maximum absolute atomic E-state index is 14.6. The minimum absolute atomic E-state index is 0.0629. The molecule has 0 spiro atoms. The van der Waals surface area contributed by atoms with Crippen LogP contribution in [0.2, 0.25) is 25.7 Å². The van der Waals surface area contributed by atoms with Crippen molar-refractivity contribution in [2.24, 2.45) is 0 Å². The number of amides is 1. The summed E-state index contributed by atoms with van der Waals surface area (Å²) in [5.74, 6) is -7.81. The Morgan fingerprint density at radius 1 is 0.671 bits per heavy atom. The van der Waals surface area contributed by atoms with Crippen LogP contribution in [0.25, 0.3) is 0 Å². The summed E-state index contributed by atoms with van der Waals surface area (Å²) in [7, 11) is -0.595. The van der Waals surface area contributed by atoms with Crippen LogP contribution in [-0.4, -0.2) is 137 Å². The van der Waals surface area contributed by atoms with Gasteiger partial charge in [-0.1, -0.05) is 111 Å². The predicted octanol–water partition coefficient (Wildman–Crippen LogP) is 5.75. The monoisotopic (exact) mass is 1040 g/mol. The molecule has 2 fully saturated rings. The van der Waals surface area contributed by atoms with Crippen molar-refractivity contribution in [2.75, 3.05) is 20.3 Å². The minimum atomic E-state index is -2.59. The van der Waals surface area contributed by atoms with Crippen molar-refractivity contribution in [1.82, 2.24) is 5.32 Å². The number of carbonyl (C=O) groups excluding carboxylic acids is 6. The van der Waals surface area contributed by atoms with E-state index in [0.29, 0.717) is 6.61 Å². The zero-order valence-corrected chi connectivity index (χ0v) is 44.3. The fourth-order valence-electron chi connectivity index (χ4n) is 8.57. The Balaban J connectivity index is 1.68. The van der Waals surface area contributed by atoms with E-state index in [-0.39, 0.29) is 19.8 Å². The molecule has 0 aromatic heterocycles. The lowest BCUT2D eigenvalue weighted by atomic mass is 9.87. The predicted molar refractivity (Wildman–Crippen MR) is 264 cm³/mol. The summed E-state index contributed by atoms with van der Waals surface area (Å²) in [4.78, 5) is 78.2. The molecule has 0 aliphatic carbocycles. The van der Waals surface area contributed by atoms with E-state index in [1.165, 1.54) is 6.92 Å². The third-order valence-corrected chi connectivity index (χ3v) is 13.6. The SMILES string of the molecule is COC(=O)[C@@]1(O[C@H](C)[C@H]2O[C@@H](OCC[Si](C)(C)C)[C@H](OCc3ccccc3)[C@@H](OCc3ccccc3)[C@H]2OCc2ccccc2)C[C@H](OC(C)=O)[C@@H](NC(C)=O)[C@H]([C@H](OC(C)=O)[C@@H](COC(C)=O)OC(C)=O)O1. The number of esters is 5. The molecule has 1 N–H and O–H groups in total. The van der Waals surface area contributed by atoms with Gasteiger partial charge in [-0.15, -0.1) is 0 Å². The Morgan fingerprint density at radius 3 is 1.66 bits per heavy atom. The van der Waals surface area contributed by atoms with Crippen LogP contribution in [0.5, 0.6) is 0 Å². The van der Waals surface area contributed by atoms with E-state index in [9.17, 15) is 28.8 Å². The van der Waals surface area contributed by atoms with Gasteiger partial charge in [-0.2, -0.15) is 0 Å². The number of hydrogen-bond donors (Lipinski definition) is 1. The molecule has 73 heavy (non-hydrogen) atoms. The van der Waals surface area contributed by atoms with Crippen LogP contribution in [0.1, 0.15) is 64.7 Å².